The third-order valence-corrected chi connectivity index (χ3v) is 2.51. The van der Waals surface area contributed by atoms with Crippen LogP contribution in [0.3, 0.4) is 0 Å². The molecule has 1 rings (SSSR count). The average molecular weight is 286 g/mol. The van der Waals surface area contributed by atoms with Crippen molar-refractivity contribution in [2.75, 3.05) is 6.54 Å². The molecule has 0 aliphatic rings. The molecule has 0 saturated heterocycles. The van der Waals surface area contributed by atoms with Gasteiger partial charge in [0, 0.05) is 18.2 Å². The van der Waals surface area contributed by atoms with Crippen LogP contribution in [0.1, 0.15) is 11.6 Å². The summed E-state index contributed by atoms with van der Waals surface area (Å²) in [6.45, 7) is 0.200. The fourth-order valence-electron chi connectivity index (χ4n) is 0.981. The largest absolute Gasteiger partial charge is 0.506 e. The zero-order chi connectivity index (χ0) is 10.0. The maximum atomic E-state index is 12.8. The van der Waals surface area contributed by atoms with E-state index < -0.39 is 11.9 Å². The minimum atomic E-state index is -0.523. The SMILES string of the molecule is Cl.NC[C@H](N)c1ccc(F)c(Br)c1O. The molecule has 3 nitrogen and oxygen atoms in total. The van der Waals surface area contributed by atoms with Gasteiger partial charge in [-0.2, -0.15) is 0 Å². The van der Waals surface area contributed by atoms with Gasteiger partial charge in [0.1, 0.15) is 11.6 Å². The van der Waals surface area contributed by atoms with Gasteiger partial charge in [0.15, 0.2) is 0 Å². The van der Waals surface area contributed by atoms with Crippen molar-refractivity contribution >= 4 is 28.3 Å². The van der Waals surface area contributed by atoms with Crippen LogP contribution in [0.25, 0.3) is 0 Å². The Bertz CT molecular complexity index is 324. The monoisotopic (exact) mass is 284 g/mol. The predicted molar refractivity (Wildman–Crippen MR) is 59.0 cm³/mol. The molecule has 0 unspecified atom stereocenters. The van der Waals surface area contributed by atoms with E-state index in [-0.39, 0.29) is 29.2 Å². The van der Waals surface area contributed by atoms with Crippen LogP contribution in [0, 0.1) is 5.82 Å². The summed E-state index contributed by atoms with van der Waals surface area (Å²) < 4.78 is 12.9. The molecular weight excluding hydrogens is 274 g/mol. The highest BCUT2D eigenvalue weighted by Crippen LogP contribution is 2.32. The molecule has 0 radical (unpaired) electrons. The Morgan fingerprint density at radius 2 is 2.07 bits per heavy atom. The summed E-state index contributed by atoms with van der Waals surface area (Å²) in [5.74, 6) is -0.705. The molecule has 0 amide bonds. The minimum Gasteiger partial charge on any atom is -0.506 e. The van der Waals surface area contributed by atoms with Gasteiger partial charge in [-0.3, -0.25) is 0 Å². The molecule has 0 heterocycles. The van der Waals surface area contributed by atoms with Crippen LogP contribution in [0.15, 0.2) is 16.6 Å². The quantitative estimate of drug-likeness (QED) is 0.774. The lowest BCUT2D eigenvalue weighted by molar-refractivity contribution is 0.451. The Hall–Kier alpha value is -0.360. The number of hydrogen-bond acceptors (Lipinski definition) is 3. The number of nitrogens with two attached hydrogens (primary N) is 2. The molecule has 1 aromatic carbocycles. The topological polar surface area (TPSA) is 72.3 Å². The van der Waals surface area contributed by atoms with Crippen molar-refractivity contribution in [2.45, 2.75) is 6.04 Å². The summed E-state index contributed by atoms with van der Waals surface area (Å²) in [6.07, 6.45) is 0. The molecule has 6 heteroatoms. The summed E-state index contributed by atoms with van der Waals surface area (Å²) in [6, 6.07) is 2.18. The average Bonchev–Trinajstić information content (AvgIpc) is 2.13. The van der Waals surface area contributed by atoms with Gasteiger partial charge in [-0.15, -0.1) is 12.4 Å². The molecule has 0 aliphatic carbocycles. The van der Waals surface area contributed by atoms with E-state index in [1.807, 2.05) is 0 Å². The van der Waals surface area contributed by atoms with Gasteiger partial charge in [0.25, 0.3) is 0 Å². The van der Waals surface area contributed by atoms with Crippen LogP contribution in [-0.2, 0) is 0 Å². The highest BCUT2D eigenvalue weighted by Gasteiger charge is 2.14. The molecule has 0 fully saturated rings. The standard InChI is InChI=1S/C8H10BrFN2O.ClH/c9-7-5(10)2-1-4(8(7)13)6(12)3-11;/h1-2,6,13H,3,11-12H2;1H/t6-;/m0./s1. The molecular formula is C8H11BrClFN2O. The predicted octanol–water partition coefficient (Wildman–Crippen LogP) is 1.67. The normalized spacial score (nSPS) is 12.0. The second-order valence-electron chi connectivity index (χ2n) is 2.64. The molecule has 14 heavy (non-hydrogen) atoms. The van der Waals surface area contributed by atoms with Gasteiger partial charge in [-0.1, -0.05) is 6.07 Å². The first kappa shape index (κ1) is 13.6. The Labute approximate surface area is 95.8 Å². The molecule has 0 aliphatic heterocycles. The summed E-state index contributed by atoms with van der Waals surface area (Å²) in [5.41, 5.74) is 11.3. The van der Waals surface area contributed by atoms with Crippen molar-refractivity contribution in [3.63, 3.8) is 0 Å². The van der Waals surface area contributed by atoms with E-state index in [2.05, 4.69) is 15.9 Å². The first-order chi connectivity index (χ1) is 6.07. The van der Waals surface area contributed by atoms with Gasteiger partial charge in [0.2, 0.25) is 0 Å². The summed E-state index contributed by atoms with van der Waals surface area (Å²) in [5, 5.41) is 9.46. The van der Waals surface area contributed by atoms with Crippen molar-refractivity contribution in [2.24, 2.45) is 11.5 Å². The fraction of sp³-hybridized carbons (Fsp3) is 0.250. The Kier molecular flexibility index (Phi) is 5.36. The summed E-state index contributed by atoms with van der Waals surface area (Å²) in [7, 11) is 0. The third-order valence-electron chi connectivity index (χ3n) is 1.75. The zero-order valence-corrected chi connectivity index (χ0v) is 9.61. The van der Waals surface area contributed by atoms with Crippen LogP contribution < -0.4 is 11.5 Å². The number of aromatic hydroxyl groups is 1. The number of phenols is 1. The van der Waals surface area contributed by atoms with Crippen molar-refractivity contribution in [1.29, 1.82) is 0 Å². The van der Waals surface area contributed by atoms with Gasteiger partial charge in [-0.05, 0) is 22.0 Å². The molecule has 1 atom stereocenters. The van der Waals surface area contributed by atoms with E-state index in [1.54, 1.807) is 0 Å². The first-order valence-electron chi connectivity index (χ1n) is 3.70. The van der Waals surface area contributed by atoms with Gasteiger partial charge in [-0.25, -0.2) is 4.39 Å². The lowest BCUT2D eigenvalue weighted by Crippen LogP contribution is -2.20. The van der Waals surface area contributed by atoms with E-state index in [0.29, 0.717) is 5.56 Å². The summed E-state index contributed by atoms with van der Waals surface area (Å²) >= 11 is 2.91. The van der Waals surface area contributed by atoms with Crippen LogP contribution in [0.4, 0.5) is 4.39 Å². The number of halogens is 3. The fourth-order valence-corrected chi connectivity index (χ4v) is 1.34. The lowest BCUT2D eigenvalue weighted by Gasteiger charge is -2.12. The second kappa shape index (κ2) is 5.50. The molecule has 5 N–H and O–H groups in total. The van der Waals surface area contributed by atoms with Crippen molar-refractivity contribution in [3.8, 4) is 5.75 Å². The van der Waals surface area contributed by atoms with Crippen molar-refractivity contribution in [1.82, 2.24) is 0 Å². The van der Waals surface area contributed by atoms with E-state index in [1.165, 1.54) is 12.1 Å². The number of rotatable bonds is 2. The highest BCUT2D eigenvalue weighted by atomic mass is 79.9. The van der Waals surface area contributed by atoms with Crippen LogP contribution in [0.2, 0.25) is 0 Å². The number of hydrogen-bond donors (Lipinski definition) is 3. The Morgan fingerprint density at radius 3 is 2.57 bits per heavy atom. The number of phenolic OH excluding ortho intramolecular Hbond substituents is 1. The van der Waals surface area contributed by atoms with Crippen LogP contribution in [0.5, 0.6) is 5.75 Å². The first-order valence-corrected chi connectivity index (χ1v) is 4.49. The van der Waals surface area contributed by atoms with Crippen LogP contribution >= 0.6 is 28.3 Å². The molecule has 0 spiro atoms. The van der Waals surface area contributed by atoms with Crippen molar-refractivity contribution in [3.05, 3.63) is 28.0 Å². The van der Waals surface area contributed by atoms with Gasteiger partial charge >= 0.3 is 0 Å². The molecule has 1 aromatic rings. The lowest BCUT2D eigenvalue weighted by atomic mass is 10.1. The Balaban J connectivity index is 0.00000169. The third kappa shape index (κ3) is 2.57. The van der Waals surface area contributed by atoms with E-state index in [9.17, 15) is 9.50 Å². The number of benzene rings is 1. The van der Waals surface area contributed by atoms with E-state index >= 15 is 0 Å². The second-order valence-corrected chi connectivity index (χ2v) is 3.43. The van der Waals surface area contributed by atoms with E-state index in [0.717, 1.165) is 0 Å². The highest BCUT2D eigenvalue weighted by molar-refractivity contribution is 9.10. The molecule has 0 aromatic heterocycles. The minimum absolute atomic E-state index is 0. The van der Waals surface area contributed by atoms with E-state index in [4.69, 9.17) is 11.5 Å². The maximum absolute atomic E-state index is 12.8. The molecule has 80 valence electrons. The van der Waals surface area contributed by atoms with Crippen molar-refractivity contribution < 1.29 is 9.50 Å². The Morgan fingerprint density at radius 1 is 1.50 bits per heavy atom. The zero-order valence-electron chi connectivity index (χ0n) is 7.21. The smallest absolute Gasteiger partial charge is 0.141 e. The molecule has 0 saturated carbocycles. The molecule has 0 bridgehead atoms. The van der Waals surface area contributed by atoms with Gasteiger partial charge in [0.05, 0.1) is 4.47 Å². The summed E-state index contributed by atoms with van der Waals surface area (Å²) in [4.78, 5) is 0. The maximum Gasteiger partial charge on any atom is 0.141 e. The van der Waals surface area contributed by atoms with Gasteiger partial charge < -0.3 is 16.6 Å². The van der Waals surface area contributed by atoms with Crippen LogP contribution in [-0.4, -0.2) is 11.7 Å².